The minimum Gasteiger partial charge on any atom is -0.384 e. The average molecular weight is 535 g/mol. The van der Waals surface area contributed by atoms with E-state index in [2.05, 4.69) is 20.6 Å². The van der Waals surface area contributed by atoms with Gasteiger partial charge in [0, 0.05) is 23.6 Å². The third-order valence-corrected chi connectivity index (χ3v) is 6.79. The van der Waals surface area contributed by atoms with Crippen molar-refractivity contribution in [2.45, 2.75) is 35.5 Å². The molecule has 0 spiro atoms. The molecule has 194 valence electrons. The normalized spacial score (nSPS) is 12.4. The summed E-state index contributed by atoms with van der Waals surface area (Å²) in [6.45, 7) is 1.39. The molecule has 2 amide bonds. The zero-order valence-corrected chi connectivity index (χ0v) is 20.0. The van der Waals surface area contributed by atoms with E-state index < -0.39 is 55.8 Å². The minimum absolute atomic E-state index is 0.0287. The maximum absolute atomic E-state index is 13.8. The summed E-state index contributed by atoms with van der Waals surface area (Å²) in [6.07, 6.45) is -2.58. The van der Waals surface area contributed by atoms with Crippen LogP contribution in [-0.2, 0) is 25.6 Å². The monoisotopic (exact) mass is 534 g/mol. The van der Waals surface area contributed by atoms with E-state index in [0.29, 0.717) is 17.3 Å². The molecule has 0 bridgehead atoms. The Morgan fingerprint density at radius 3 is 2.32 bits per heavy atom. The number of amides is 2. The lowest BCUT2D eigenvalue weighted by atomic mass is 10.0. The highest BCUT2D eigenvalue weighted by Gasteiger charge is 2.38. The summed E-state index contributed by atoms with van der Waals surface area (Å²) in [6, 6.07) is 7.57. The number of carbonyl (C=O) groups excluding carboxylic acids is 2. The molecule has 0 fully saturated rings. The highest BCUT2D eigenvalue weighted by Crippen LogP contribution is 2.37. The van der Waals surface area contributed by atoms with Crippen molar-refractivity contribution in [1.29, 1.82) is 5.41 Å². The maximum Gasteiger partial charge on any atom is 0.417 e. The van der Waals surface area contributed by atoms with Crippen LogP contribution in [0.5, 0.6) is 0 Å². The summed E-state index contributed by atoms with van der Waals surface area (Å²) in [7, 11) is -4.62. The predicted octanol–water partition coefficient (Wildman–Crippen LogP) is 2.82. The summed E-state index contributed by atoms with van der Waals surface area (Å²) in [5.74, 6) is -1.60. The van der Waals surface area contributed by atoms with Crippen LogP contribution in [0.25, 0.3) is 0 Å². The van der Waals surface area contributed by atoms with Crippen LogP contribution in [0.4, 0.5) is 18.9 Å². The fourth-order valence-corrected chi connectivity index (χ4v) is 4.61. The first-order chi connectivity index (χ1) is 17.3. The summed E-state index contributed by atoms with van der Waals surface area (Å²) < 4.78 is 66.9. The van der Waals surface area contributed by atoms with Gasteiger partial charge in [-0.3, -0.25) is 20.0 Å². The third kappa shape index (κ3) is 6.67. The van der Waals surface area contributed by atoms with Gasteiger partial charge in [-0.1, -0.05) is 6.07 Å². The van der Waals surface area contributed by atoms with Crippen LogP contribution in [0.3, 0.4) is 0 Å². The average Bonchev–Trinajstić information content (AvgIpc) is 2.83. The van der Waals surface area contributed by atoms with Crippen LogP contribution in [0, 0.1) is 5.41 Å². The van der Waals surface area contributed by atoms with Crippen molar-refractivity contribution in [3.8, 4) is 0 Å². The van der Waals surface area contributed by atoms with Crippen LogP contribution in [0.15, 0.2) is 71.0 Å². The second kappa shape index (κ2) is 10.7. The smallest absolute Gasteiger partial charge is 0.384 e. The van der Waals surface area contributed by atoms with E-state index in [-0.39, 0.29) is 11.4 Å². The molecule has 0 aliphatic rings. The molecule has 0 radical (unpaired) electrons. The lowest BCUT2D eigenvalue weighted by molar-refractivity contribution is -0.140. The molecule has 5 N–H and O–H groups in total. The number of anilines is 1. The maximum atomic E-state index is 13.8. The van der Waals surface area contributed by atoms with Gasteiger partial charge in [0.1, 0.15) is 12.3 Å². The van der Waals surface area contributed by atoms with Crippen LogP contribution < -0.4 is 16.4 Å². The molecule has 3 aromatic rings. The van der Waals surface area contributed by atoms with Crippen molar-refractivity contribution >= 4 is 33.2 Å². The second-order valence-corrected chi connectivity index (χ2v) is 9.67. The number of nitrogens with zero attached hydrogens (tertiary/aromatic N) is 2. The summed E-state index contributed by atoms with van der Waals surface area (Å²) in [5.41, 5.74) is 4.70. The second-order valence-electron chi connectivity index (χ2n) is 7.81. The van der Waals surface area contributed by atoms with Gasteiger partial charge >= 0.3 is 6.18 Å². The number of sulfone groups is 1. The van der Waals surface area contributed by atoms with Crippen LogP contribution in [0.2, 0.25) is 0 Å². The Morgan fingerprint density at radius 2 is 1.76 bits per heavy atom. The van der Waals surface area contributed by atoms with Gasteiger partial charge in [-0.05, 0) is 48.9 Å². The number of benzene rings is 2. The fourth-order valence-electron chi connectivity index (χ4n) is 3.27. The van der Waals surface area contributed by atoms with Gasteiger partial charge in [0.25, 0.3) is 0 Å². The molecule has 14 heteroatoms. The topological polar surface area (TPSA) is 168 Å². The van der Waals surface area contributed by atoms with Crippen LogP contribution in [-0.4, -0.2) is 36.0 Å². The molecule has 3 rings (SSSR count). The SMILES string of the molecule is C[C@H](NC(=O)CC(=O)Nc1ccc(C(=N)N)cc1)c1ccc(S(=O)(=O)c2cnccn2)c(C(F)(F)F)c1. The lowest BCUT2D eigenvalue weighted by Gasteiger charge is -2.18. The number of hydrogen-bond donors (Lipinski definition) is 4. The van der Waals surface area contributed by atoms with E-state index in [1.807, 2.05) is 0 Å². The lowest BCUT2D eigenvalue weighted by Crippen LogP contribution is -2.30. The molecule has 37 heavy (non-hydrogen) atoms. The van der Waals surface area contributed by atoms with Gasteiger partial charge in [0.05, 0.1) is 22.7 Å². The van der Waals surface area contributed by atoms with Crippen LogP contribution in [0.1, 0.15) is 36.1 Å². The van der Waals surface area contributed by atoms with Gasteiger partial charge in [0.2, 0.25) is 21.7 Å². The van der Waals surface area contributed by atoms with E-state index in [1.165, 1.54) is 37.4 Å². The molecule has 2 aromatic carbocycles. The van der Waals surface area contributed by atoms with Crippen molar-refractivity contribution in [1.82, 2.24) is 15.3 Å². The van der Waals surface area contributed by atoms with E-state index in [0.717, 1.165) is 24.5 Å². The van der Waals surface area contributed by atoms with Gasteiger partial charge in [-0.15, -0.1) is 0 Å². The number of nitrogen functional groups attached to an aromatic ring is 1. The standard InChI is InChI=1S/C23H21F3N6O4S/c1-13(31-19(33)11-20(34)32-16-5-2-14(3-6-16)22(27)28)15-4-7-18(17(10-15)23(24,25)26)37(35,36)21-12-29-8-9-30-21/h2-10,12-13H,11H2,1H3,(H3,27,28)(H,31,33)(H,32,34)/t13-/m0/s1. The van der Waals surface area contributed by atoms with Gasteiger partial charge < -0.3 is 16.4 Å². The van der Waals surface area contributed by atoms with Gasteiger partial charge in [0.15, 0.2) is 5.03 Å². The number of hydrogen-bond acceptors (Lipinski definition) is 7. The Hall–Kier alpha value is -4.33. The molecule has 1 atom stereocenters. The Balaban J connectivity index is 1.74. The summed E-state index contributed by atoms with van der Waals surface area (Å²) in [4.78, 5) is 30.7. The van der Waals surface area contributed by atoms with Crippen molar-refractivity contribution in [3.05, 3.63) is 77.7 Å². The van der Waals surface area contributed by atoms with Gasteiger partial charge in [-0.25, -0.2) is 13.4 Å². The Bertz CT molecular complexity index is 1430. The Labute approximate surface area is 209 Å². The Kier molecular flexibility index (Phi) is 7.91. The number of carbonyl (C=O) groups is 2. The number of rotatable bonds is 8. The number of nitrogens with one attached hydrogen (secondary N) is 3. The number of amidine groups is 1. The quantitative estimate of drug-likeness (QED) is 0.196. The predicted molar refractivity (Wildman–Crippen MR) is 126 cm³/mol. The zero-order chi connectivity index (χ0) is 27.4. The largest absolute Gasteiger partial charge is 0.417 e. The first-order valence-electron chi connectivity index (χ1n) is 10.5. The fraction of sp³-hybridized carbons (Fsp3) is 0.174. The molecule has 0 saturated carbocycles. The molecule has 0 unspecified atom stereocenters. The van der Waals surface area contributed by atoms with Crippen molar-refractivity contribution in [2.75, 3.05) is 5.32 Å². The first kappa shape index (κ1) is 27.3. The molecule has 0 aliphatic carbocycles. The first-order valence-corrected chi connectivity index (χ1v) is 12.0. The Morgan fingerprint density at radius 1 is 1.08 bits per heavy atom. The third-order valence-electron chi connectivity index (χ3n) is 5.09. The van der Waals surface area contributed by atoms with E-state index in [4.69, 9.17) is 11.1 Å². The minimum atomic E-state index is -5.03. The summed E-state index contributed by atoms with van der Waals surface area (Å²) >= 11 is 0. The molecule has 10 nitrogen and oxygen atoms in total. The van der Waals surface area contributed by atoms with Crippen molar-refractivity contribution < 1.29 is 31.2 Å². The van der Waals surface area contributed by atoms with E-state index >= 15 is 0 Å². The number of aromatic nitrogens is 2. The van der Waals surface area contributed by atoms with Gasteiger partial charge in [-0.2, -0.15) is 13.2 Å². The van der Waals surface area contributed by atoms with Crippen molar-refractivity contribution in [2.24, 2.45) is 5.73 Å². The zero-order valence-electron chi connectivity index (χ0n) is 19.2. The van der Waals surface area contributed by atoms with Crippen LogP contribution >= 0.6 is 0 Å². The molecule has 0 saturated heterocycles. The highest BCUT2D eigenvalue weighted by atomic mass is 32.2. The summed E-state index contributed by atoms with van der Waals surface area (Å²) in [5, 5.41) is 11.6. The molecule has 1 aromatic heterocycles. The number of alkyl halides is 3. The number of nitrogens with two attached hydrogens (primary N) is 1. The van der Waals surface area contributed by atoms with E-state index in [9.17, 15) is 31.2 Å². The number of halogens is 3. The molecule has 1 heterocycles. The molecular formula is C23H21F3N6O4S. The highest BCUT2D eigenvalue weighted by molar-refractivity contribution is 7.91. The van der Waals surface area contributed by atoms with E-state index in [1.54, 1.807) is 0 Å². The molecular weight excluding hydrogens is 513 g/mol. The van der Waals surface area contributed by atoms with Crippen molar-refractivity contribution in [3.63, 3.8) is 0 Å². The molecule has 0 aliphatic heterocycles.